The van der Waals surface area contributed by atoms with E-state index in [0.717, 1.165) is 5.92 Å². The predicted molar refractivity (Wildman–Crippen MR) is 89.9 cm³/mol. The largest absolute Gasteiger partial charge is 0.326 e. The molecule has 2 heteroatoms. The molecule has 0 spiro atoms. The van der Waals surface area contributed by atoms with Crippen LogP contribution in [-0.4, -0.2) is 30.1 Å². The van der Waals surface area contributed by atoms with Gasteiger partial charge >= 0.3 is 0 Å². The third-order valence-corrected chi connectivity index (χ3v) is 5.16. The van der Waals surface area contributed by atoms with Crippen LogP contribution in [0.1, 0.15) is 79.6 Å². The minimum atomic E-state index is 0.391. The molecule has 0 aliphatic heterocycles. The first-order valence-corrected chi connectivity index (χ1v) is 8.89. The van der Waals surface area contributed by atoms with E-state index in [1.807, 2.05) is 0 Å². The Morgan fingerprint density at radius 2 is 1.55 bits per heavy atom. The number of nitrogens with zero attached hydrogens (tertiary/aromatic N) is 1. The van der Waals surface area contributed by atoms with Gasteiger partial charge in [0.1, 0.15) is 0 Å². The van der Waals surface area contributed by atoms with Crippen LogP contribution in [0.5, 0.6) is 0 Å². The number of nitrogens with two attached hydrogens (primary N) is 1. The zero-order valence-electron chi connectivity index (χ0n) is 14.6. The molecule has 3 unspecified atom stereocenters. The summed E-state index contributed by atoms with van der Waals surface area (Å²) in [6.45, 7) is 14.3. The Morgan fingerprint density at radius 3 is 2.00 bits per heavy atom. The van der Waals surface area contributed by atoms with E-state index in [-0.39, 0.29) is 0 Å². The van der Waals surface area contributed by atoms with Gasteiger partial charge < -0.3 is 5.73 Å². The fraction of sp³-hybridized carbons (Fsp3) is 1.00. The Bertz CT molecular complexity index is 249. The Hall–Kier alpha value is -0.0800. The van der Waals surface area contributed by atoms with Crippen molar-refractivity contribution in [1.29, 1.82) is 0 Å². The van der Waals surface area contributed by atoms with Crippen LogP contribution in [-0.2, 0) is 0 Å². The van der Waals surface area contributed by atoms with Crippen molar-refractivity contribution in [1.82, 2.24) is 4.90 Å². The molecule has 1 fully saturated rings. The lowest BCUT2D eigenvalue weighted by atomic mass is 9.69. The Morgan fingerprint density at radius 1 is 1.00 bits per heavy atom. The van der Waals surface area contributed by atoms with E-state index in [1.54, 1.807) is 0 Å². The monoisotopic (exact) mass is 282 g/mol. The van der Waals surface area contributed by atoms with Gasteiger partial charge in [-0.05, 0) is 56.5 Å². The number of rotatable bonds is 7. The van der Waals surface area contributed by atoms with E-state index in [9.17, 15) is 0 Å². The van der Waals surface area contributed by atoms with Gasteiger partial charge in [0.2, 0.25) is 0 Å². The van der Waals surface area contributed by atoms with Crippen molar-refractivity contribution in [3.05, 3.63) is 0 Å². The van der Waals surface area contributed by atoms with E-state index < -0.39 is 0 Å². The van der Waals surface area contributed by atoms with Crippen molar-refractivity contribution in [3.63, 3.8) is 0 Å². The molecule has 1 aliphatic carbocycles. The summed E-state index contributed by atoms with van der Waals surface area (Å²) in [5.41, 5.74) is 6.92. The highest BCUT2D eigenvalue weighted by atomic mass is 15.2. The van der Waals surface area contributed by atoms with Crippen LogP contribution in [0, 0.1) is 11.3 Å². The second-order valence-electron chi connectivity index (χ2n) is 7.85. The minimum Gasteiger partial charge on any atom is -0.326 e. The SMILES string of the molecule is CCCCN(CCCC)C1CC(C(C)(C)C)CCC1N. The summed E-state index contributed by atoms with van der Waals surface area (Å²) in [7, 11) is 0. The van der Waals surface area contributed by atoms with Crippen molar-refractivity contribution in [2.24, 2.45) is 17.1 Å². The summed E-state index contributed by atoms with van der Waals surface area (Å²) in [5.74, 6) is 0.832. The molecule has 3 atom stereocenters. The van der Waals surface area contributed by atoms with Crippen LogP contribution < -0.4 is 5.73 Å². The minimum absolute atomic E-state index is 0.391. The molecule has 0 aromatic heterocycles. The van der Waals surface area contributed by atoms with E-state index in [2.05, 4.69) is 39.5 Å². The Labute approximate surface area is 127 Å². The quantitative estimate of drug-likeness (QED) is 0.748. The van der Waals surface area contributed by atoms with Crippen LogP contribution in [0.4, 0.5) is 0 Å². The first kappa shape index (κ1) is 18.0. The van der Waals surface area contributed by atoms with Gasteiger partial charge in [0, 0.05) is 12.1 Å². The van der Waals surface area contributed by atoms with Gasteiger partial charge in [-0.2, -0.15) is 0 Å². The van der Waals surface area contributed by atoms with E-state index in [1.165, 1.54) is 58.0 Å². The van der Waals surface area contributed by atoms with Gasteiger partial charge in [-0.3, -0.25) is 4.90 Å². The average Bonchev–Trinajstić information content (AvgIpc) is 2.39. The van der Waals surface area contributed by atoms with Crippen molar-refractivity contribution in [2.45, 2.75) is 91.6 Å². The number of hydrogen-bond acceptors (Lipinski definition) is 2. The summed E-state index contributed by atoms with van der Waals surface area (Å²) in [6, 6.07) is 1.01. The van der Waals surface area contributed by atoms with Gasteiger partial charge in [-0.25, -0.2) is 0 Å². The highest BCUT2D eigenvalue weighted by molar-refractivity contribution is 4.92. The van der Waals surface area contributed by atoms with Crippen LogP contribution >= 0.6 is 0 Å². The molecular weight excluding hydrogens is 244 g/mol. The topological polar surface area (TPSA) is 29.3 Å². The molecule has 2 N–H and O–H groups in total. The second kappa shape index (κ2) is 8.38. The standard InChI is InChI=1S/C18H38N2/c1-6-8-12-20(13-9-7-2)17-14-15(18(3,4)5)10-11-16(17)19/h15-17H,6-14,19H2,1-5H3. The summed E-state index contributed by atoms with van der Waals surface area (Å²) in [4.78, 5) is 2.72. The molecule has 0 saturated heterocycles. The van der Waals surface area contributed by atoms with E-state index in [4.69, 9.17) is 5.73 Å². The molecule has 0 heterocycles. The summed E-state index contributed by atoms with van der Waals surface area (Å²) in [6.07, 6.45) is 9.02. The first-order valence-electron chi connectivity index (χ1n) is 8.89. The van der Waals surface area contributed by atoms with Gasteiger partial charge in [0.05, 0.1) is 0 Å². The fourth-order valence-electron chi connectivity index (χ4n) is 3.54. The van der Waals surface area contributed by atoms with Gasteiger partial charge in [0.15, 0.2) is 0 Å². The zero-order chi connectivity index (χ0) is 15.2. The number of hydrogen-bond donors (Lipinski definition) is 1. The van der Waals surface area contributed by atoms with Crippen LogP contribution in [0.3, 0.4) is 0 Å². The van der Waals surface area contributed by atoms with Gasteiger partial charge in [0.25, 0.3) is 0 Å². The Kier molecular flexibility index (Phi) is 7.53. The number of unbranched alkanes of at least 4 members (excludes halogenated alkanes) is 2. The highest BCUT2D eigenvalue weighted by Gasteiger charge is 2.36. The molecule has 1 aliphatic rings. The normalized spacial score (nSPS) is 28.1. The van der Waals surface area contributed by atoms with Gasteiger partial charge in [-0.15, -0.1) is 0 Å². The molecular formula is C18H38N2. The Balaban J connectivity index is 2.69. The van der Waals surface area contributed by atoms with Crippen LogP contribution in [0.15, 0.2) is 0 Å². The summed E-state index contributed by atoms with van der Waals surface area (Å²) < 4.78 is 0. The molecule has 0 aromatic carbocycles. The van der Waals surface area contributed by atoms with E-state index >= 15 is 0 Å². The summed E-state index contributed by atoms with van der Waals surface area (Å²) in [5, 5.41) is 0. The molecule has 1 saturated carbocycles. The molecule has 1 rings (SSSR count). The molecule has 20 heavy (non-hydrogen) atoms. The maximum absolute atomic E-state index is 6.49. The average molecular weight is 283 g/mol. The van der Waals surface area contributed by atoms with Crippen LogP contribution in [0.2, 0.25) is 0 Å². The smallest absolute Gasteiger partial charge is 0.0250 e. The van der Waals surface area contributed by atoms with Gasteiger partial charge in [-0.1, -0.05) is 47.5 Å². The zero-order valence-corrected chi connectivity index (χ0v) is 14.6. The molecule has 0 bridgehead atoms. The molecule has 2 nitrogen and oxygen atoms in total. The summed E-state index contributed by atoms with van der Waals surface area (Å²) >= 11 is 0. The molecule has 0 radical (unpaired) electrons. The highest BCUT2D eigenvalue weighted by Crippen LogP contribution is 2.39. The molecule has 120 valence electrons. The molecule has 0 amide bonds. The third-order valence-electron chi connectivity index (χ3n) is 5.16. The maximum Gasteiger partial charge on any atom is 0.0250 e. The second-order valence-corrected chi connectivity index (χ2v) is 7.85. The lowest BCUT2D eigenvalue weighted by Crippen LogP contribution is -2.53. The van der Waals surface area contributed by atoms with Crippen molar-refractivity contribution in [3.8, 4) is 0 Å². The third kappa shape index (κ3) is 5.37. The lowest BCUT2D eigenvalue weighted by Gasteiger charge is -2.45. The van der Waals surface area contributed by atoms with Crippen LogP contribution in [0.25, 0.3) is 0 Å². The maximum atomic E-state index is 6.49. The predicted octanol–water partition coefficient (Wildman–Crippen LogP) is 4.43. The van der Waals surface area contributed by atoms with E-state index in [0.29, 0.717) is 17.5 Å². The first-order chi connectivity index (χ1) is 9.40. The fourth-order valence-corrected chi connectivity index (χ4v) is 3.54. The van der Waals surface area contributed by atoms with Crippen molar-refractivity contribution in [2.75, 3.05) is 13.1 Å². The molecule has 0 aromatic rings. The van der Waals surface area contributed by atoms with Crippen molar-refractivity contribution >= 4 is 0 Å². The van der Waals surface area contributed by atoms with Crippen molar-refractivity contribution < 1.29 is 0 Å². The lowest BCUT2D eigenvalue weighted by molar-refractivity contribution is 0.0673.